The van der Waals surface area contributed by atoms with Gasteiger partial charge < -0.3 is 10.0 Å². The summed E-state index contributed by atoms with van der Waals surface area (Å²) in [5.74, 6) is 0. The predicted molar refractivity (Wildman–Crippen MR) is 79.7 cm³/mol. The topological polar surface area (TPSA) is 71.2 Å². The van der Waals surface area contributed by atoms with Gasteiger partial charge in [-0.3, -0.25) is 0 Å². The molecule has 20 heavy (non-hydrogen) atoms. The zero-order chi connectivity index (χ0) is 14.9. The monoisotopic (exact) mass is 340 g/mol. The molecule has 1 heterocycles. The van der Waals surface area contributed by atoms with E-state index >= 15 is 0 Å². The Morgan fingerprint density at radius 2 is 2.15 bits per heavy atom. The summed E-state index contributed by atoms with van der Waals surface area (Å²) in [7, 11) is 0. The Morgan fingerprint density at radius 1 is 1.45 bits per heavy atom. The van der Waals surface area contributed by atoms with Gasteiger partial charge in [-0.15, -0.1) is 5.10 Å². The summed E-state index contributed by atoms with van der Waals surface area (Å²) in [5, 5.41) is 17.5. The largest absolute Gasteiger partial charge is 0.465 e. The van der Waals surface area contributed by atoms with E-state index in [0.29, 0.717) is 13.1 Å². The van der Waals surface area contributed by atoms with Crippen molar-refractivity contribution in [2.24, 2.45) is 0 Å². The summed E-state index contributed by atoms with van der Waals surface area (Å²) in [4.78, 5) is 12.7. The Balaban J connectivity index is 2.21. The fourth-order valence-corrected chi connectivity index (χ4v) is 2.47. The molecular weight excluding hydrogens is 324 g/mol. The van der Waals surface area contributed by atoms with Crippen LogP contribution in [0.1, 0.15) is 20.8 Å². The van der Waals surface area contributed by atoms with Crippen molar-refractivity contribution >= 4 is 33.1 Å². The maximum Gasteiger partial charge on any atom is 0.407 e. The average Bonchev–Trinajstić information content (AvgIpc) is 2.72. The normalized spacial score (nSPS) is 11.8. The highest BCUT2D eigenvalue weighted by Gasteiger charge is 2.25. The van der Waals surface area contributed by atoms with Gasteiger partial charge in [0.2, 0.25) is 0 Å². The van der Waals surface area contributed by atoms with Crippen molar-refractivity contribution in [3.63, 3.8) is 0 Å². The van der Waals surface area contributed by atoms with E-state index in [-0.39, 0.29) is 0 Å². The number of carbonyl (C=O) groups is 1. The predicted octanol–water partition coefficient (Wildman–Crippen LogP) is 2.97. The first-order chi connectivity index (χ1) is 9.30. The first-order valence-electron chi connectivity index (χ1n) is 6.29. The van der Waals surface area contributed by atoms with Gasteiger partial charge in [-0.1, -0.05) is 11.3 Å². The second-order valence-electron chi connectivity index (χ2n) is 5.53. The smallest absolute Gasteiger partial charge is 0.407 e. The summed E-state index contributed by atoms with van der Waals surface area (Å²) in [6.07, 6.45) is -0.928. The highest BCUT2D eigenvalue weighted by molar-refractivity contribution is 9.10. The van der Waals surface area contributed by atoms with Crippen molar-refractivity contribution in [1.82, 2.24) is 19.9 Å². The van der Waals surface area contributed by atoms with Crippen LogP contribution in [0.3, 0.4) is 0 Å². The Kier molecular flexibility index (Phi) is 3.99. The second-order valence-corrected chi connectivity index (χ2v) is 6.38. The van der Waals surface area contributed by atoms with Crippen LogP contribution < -0.4 is 0 Å². The number of hydrogen-bond donors (Lipinski definition) is 1. The van der Waals surface area contributed by atoms with E-state index in [2.05, 4.69) is 26.2 Å². The van der Waals surface area contributed by atoms with Gasteiger partial charge in [-0.2, -0.15) is 0 Å². The molecule has 1 aromatic carbocycles. The molecule has 0 bridgehead atoms. The third-order valence-electron chi connectivity index (χ3n) is 3.07. The minimum Gasteiger partial charge on any atom is -0.465 e. The first kappa shape index (κ1) is 14.8. The molecule has 0 saturated carbocycles. The zero-order valence-electron chi connectivity index (χ0n) is 11.7. The van der Waals surface area contributed by atoms with E-state index in [9.17, 15) is 9.90 Å². The van der Waals surface area contributed by atoms with Gasteiger partial charge >= 0.3 is 6.09 Å². The van der Waals surface area contributed by atoms with Gasteiger partial charge in [-0.05, 0) is 48.8 Å². The Morgan fingerprint density at radius 3 is 2.75 bits per heavy atom. The van der Waals surface area contributed by atoms with E-state index in [0.717, 1.165) is 15.5 Å². The van der Waals surface area contributed by atoms with Crippen LogP contribution in [0.25, 0.3) is 11.0 Å². The first-order valence-corrected chi connectivity index (χ1v) is 7.08. The molecule has 1 amide bonds. The molecule has 6 nitrogen and oxygen atoms in total. The van der Waals surface area contributed by atoms with Crippen molar-refractivity contribution in [1.29, 1.82) is 0 Å². The summed E-state index contributed by atoms with van der Waals surface area (Å²) < 4.78 is 2.61. The third kappa shape index (κ3) is 2.92. The summed E-state index contributed by atoms with van der Waals surface area (Å²) in [6.45, 7) is 6.45. The number of benzene rings is 1. The fraction of sp³-hybridized carbons (Fsp3) is 0.462. The Bertz CT molecular complexity index is 633. The molecule has 7 heteroatoms. The van der Waals surface area contributed by atoms with Crippen molar-refractivity contribution < 1.29 is 9.90 Å². The number of hydrogen-bond acceptors (Lipinski definition) is 3. The molecular formula is C13H17BrN4O2. The van der Waals surface area contributed by atoms with Crippen molar-refractivity contribution in [3.8, 4) is 0 Å². The quantitative estimate of drug-likeness (QED) is 0.932. The molecule has 0 radical (unpaired) electrons. The lowest BCUT2D eigenvalue weighted by Crippen LogP contribution is -2.46. The van der Waals surface area contributed by atoms with Gasteiger partial charge in [-0.25, -0.2) is 9.48 Å². The van der Waals surface area contributed by atoms with Gasteiger partial charge in [0.25, 0.3) is 0 Å². The van der Waals surface area contributed by atoms with Crippen LogP contribution in [0.2, 0.25) is 0 Å². The average molecular weight is 341 g/mol. The lowest BCUT2D eigenvalue weighted by Gasteiger charge is -2.33. The highest BCUT2D eigenvalue weighted by Crippen LogP contribution is 2.21. The number of rotatable bonds is 3. The molecule has 1 N–H and O–H groups in total. The standard InChI is InChI=1S/C13H17BrN4O2/c1-13(2,3)17(12(19)20)7-8-18-10-6-4-5-9(14)11(10)15-16-18/h4-6H,7-8H2,1-3H3,(H,19,20). The van der Waals surface area contributed by atoms with Crippen LogP contribution in [0.15, 0.2) is 22.7 Å². The van der Waals surface area contributed by atoms with E-state index in [1.165, 1.54) is 4.90 Å². The van der Waals surface area contributed by atoms with Gasteiger partial charge in [0, 0.05) is 16.6 Å². The molecule has 0 atom stereocenters. The van der Waals surface area contributed by atoms with E-state index in [4.69, 9.17) is 0 Å². The van der Waals surface area contributed by atoms with E-state index in [1.807, 2.05) is 39.0 Å². The van der Waals surface area contributed by atoms with Gasteiger partial charge in [0.1, 0.15) is 5.52 Å². The SMILES string of the molecule is CC(C)(C)N(CCn1nnc2c(Br)cccc21)C(=O)O. The molecule has 0 spiro atoms. The summed E-state index contributed by atoms with van der Waals surface area (Å²) in [6, 6.07) is 5.73. The zero-order valence-corrected chi connectivity index (χ0v) is 13.3. The second kappa shape index (κ2) is 5.40. The van der Waals surface area contributed by atoms with Crippen LogP contribution in [0.4, 0.5) is 4.79 Å². The Hall–Kier alpha value is -1.63. The van der Waals surface area contributed by atoms with Crippen molar-refractivity contribution in [3.05, 3.63) is 22.7 Å². The molecule has 0 fully saturated rings. The number of nitrogens with zero attached hydrogens (tertiary/aromatic N) is 4. The molecule has 0 aliphatic carbocycles. The molecule has 108 valence electrons. The van der Waals surface area contributed by atoms with Crippen LogP contribution in [-0.4, -0.2) is 43.2 Å². The number of fused-ring (bicyclic) bond motifs is 1. The van der Waals surface area contributed by atoms with Gasteiger partial charge in [0.15, 0.2) is 0 Å². The fourth-order valence-electron chi connectivity index (χ4n) is 2.04. The van der Waals surface area contributed by atoms with Crippen LogP contribution in [0.5, 0.6) is 0 Å². The minimum atomic E-state index is -0.928. The number of halogens is 1. The third-order valence-corrected chi connectivity index (χ3v) is 3.71. The molecule has 0 saturated heterocycles. The molecule has 1 aromatic heterocycles. The van der Waals surface area contributed by atoms with Gasteiger partial charge in [0.05, 0.1) is 12.1 Å². The molecule has 2 rings (SSSR count). The number of carboxylic acid groups (broad SMARTS) is 1. The number of amides is 1. The molecule has 2 aromatic rings. The van der Waals surface area contributed by atoms with Crippen molar-refractivity contribution in [2.45, 2.75) is 32.9 Å². The Labute approximate surface area is 125 Å². The molecule has 0 aliphatic rings. The van der Waals surface area contributed by atoms with Crippen molar-refractivity contribution in [2.75, 3.05) is 6.54 Å². The van der Waals surface area contributed by atoms with E-state index < -0.39 is 11.6 Å². The summed E-state index contributed by atoms with van der Waals surface area (Å²) in [5.41, 5.74) is 1.23. The van der Waals surface area contributed by atoms with Crippen LogP contribution in [0, 0.1) is 0 Å². The lowest BCUT2D eigenvalue weighted by atomic mass is 10.1. The lowest BCUT2D eigenvalue weighted by molar-refractivity contribution is 0.0972. The minimum absolute atomic E-state index is 0.365. The van der Waals surface area contributed by atoms with E-state index in [1.54, 1.807) is 4.68 Å². The van der Waals surface area contributed by atoms with Crippen LogP contribution in [-0.2, 0) is 6.54 Å². The summed E-state index contributed by atoms with van der Waals surface area (Å²) >= 11 is 3.42. The molecule has 0 aliphatic heterocycles. The maximum absolute atomic E-state index is 11.3. The highest BCUT2D eigenvalue weighted by atomic mass is 79.9. The number of aromatic nitrogens is 3. The maximum atomic E-state index is 11.3. The van der Waals surface area contributed by atoms with Crippen LogP contribution >= 0.6 is 15.9 Å². The molecule has 0 unspecified atom stereocenters.